The minimum Gasteiger partial charge on any atom is -0.350 e. The van der Waals surface area contributed by atoms with Crippen LogP contribution in [0.2, 0.25) is 0 Å². The minimum atomic E-state index is -0.464. The second-order valence-electron chi connectivity index (χ2n) is 9.77. The van der Waals surface area contributed by atoms with Crippen LogP contribution in [0.15, 0.2) is 34.7 Å². The number of thiophene rings is 1. The molecule has 1 saturated carbocycles. The topological polar surface area (TPSA) is 74.6 Å². The minimum absolute atomic E-state index is 0.0271. The molecule has 1 saturated heterocycles. The lowest BCUT2D eigenvalue weighted by atomic mass is 10.1. The molecule has 1 N–H and O–H groups in total. The third-order valence-corrected chi connectivity index (χ3v) is 7.79. The molecule has 0 spiro atoms. The molecular weight excluding hydrogens is 448 g/mol. The number of carbonyl (C=O) groups excluding carboxylic acids is 2. The maximum atomic E-state index is 13.4. The fourth-order valence-electron chi connectivity index (χ4n) is 4.80. The molecule has 4 rings (SSSR count). The summed E-state index contributed by atoms with van der Waals surface area (Å²) in [5.74, 6) is -0.638. The van der Waals surface area contributed by atoms with Gasteiger partial charge in [0.25, 0.3) is 11.8 Å². The van der Waals surface area contributed by atoms with Gasteiger partial charge in [-0.1, -0.05) is 31.7 Å². The van der Waals surface area contributed by atoms with Crippen molar-refractivity contribution in [2.24, 2.45) is 0 Å². The Morgan fingerprint density at radius 2 is 1.71 bits per heavy atom. The quantitative estimate of drug-likeness (QED) is 0.631. The summed E-state index contributed by atoms with van der Waals surface area (Å²) in [6.45, 7) is 7.53. The average Bonchev–Trinajstić information content (AvgIpc) is 3.20. The van der Waals surface area contributed by atoms with Crippen LogP contribution >= 0.6 is 11.3 Å². The Balaban J connectivity index is 1.49. The standard InChI is InChI=1S/C26H36N4O3S/c1-19(2)30-17-22(25(32)27-20-8-5-3-4-6-9-20)24(31)23(18-30)26(33)29-13-11-28(12-14-29)16-21-10-7-15-34-21/h7,10,15,17-20H,3-6,8-9,11-14,16H2,1-2H3,(H,27,32). The molecule has 1 aliphatic carbocycles. The van der Waals surface area contributed by atoms with Gasteiger partial charge >= 0.3 is 0 Å². The zero-order valence-corrected chi connectivity index (χ0v) is 21.1. The molecule has 0 aromatic carbocycles. The number of nitrogens with one attached hydrogen (secondary N) is 1. The van der Waals surface area contributed by atoms with Crippen LogP contribution in [0.25, 0.3) is 0 Å². The summed E-state index contributed by atoms with van der Waals surface area (Å²) in [5, 5.41) is 5.15. The van der Waals surface area contributed by atoms with E-state index in [1.165, 1.54) is 17.7 Å². The van der Waals surface area contributed by atoms with Gasteiger partial charge in [-0.2, -0.15) is 0 Å². The first-order valence-corrected chi connectivity index (χ1v) is 13.4. The fraction of sp³-hybridized carbons (Fsp3) is 0.577. The second-order valence-corrected chi connectivity index (χ2v) is 10.8. The first kappa shape index (κ1) is 24.7. The Hall–Kier alpha value is -2.45. The highest BCUT2D eigenvalue weighted by molar-refractivity contribution is 7.09. The summed E-state index contributed by atoms with van der Waals surface area (Å²) in [4.78, 5) is 45.2. The Morgan fingerprint density at radius 1 is 1.03 bits per heavy atom. The summed E-state index contributed by atoms with van der Waals surface area (Å²) >= 11 is 1.74. The molecule has 0 unspecified atom stereocenters. The van der Waals surface area contributed by atoms with Gasteiger partial charge in [-0.25, -0.2) is 0 Å². The number of carbonyl (C=O) groups is 2. The van der Waals surface area contributed by atoms with Crippen molar-refractivity contribution in [3.63, 3.8) is 0 Å². The smallest absolute Gasteiger partial charge is 0.259 e. The molecule has 2 aliphatic rings. The number of amides is 2. The van der Waals surface area contributed by atoms with E-state index in [4.69, 9.17) is 0 Å². The van der Waals surface area contributed by atoms with E-state index in [0.717, 1.165) is 45.3 Å². The van der Waals surface area contributed by atoms with Crippen LogP contribution in [0.4, 0.5) is 0 Å². The first-order chi connectivity index (χ1) is 16.4. The summed E-state index contributed by atoms with van der Waals surface area (Å²) in [7, 11) is 0. The average molecular weight is 485 g/mol. The lowest BCUT2D eigenvalue weighted by Crippen LogP contribution is -2.49. The van der Waals surface area contributed by atoms with E-state index in [1.54, 1.807) is 28.6 Å². The van der Waals surface area contributed by atoms with Gasteiger partial charge in [-0.3, -0.25) is 19.3 Å². The van der Waals surface area contributed by atoms with Crippen molar-refractivity contribution in [1.29, 1.82) is 0 Å². The first-order valence-electron chi connectivity index (χ1n) is 12.5. The van der Waals surface area contributed by atoms with E-state index >= 15 is 0 Å². The van der Waals surface area contributed by atoms with Gasteiger partial charge in [0.05, 0.1) is 0 Å². The molecule has 3 heterocycles. The largest absolute Gasteiger partial charge is 0.350 e. The molecular formula is C26H36N4O3S. The summed E-state index contributed by atoms with van der Waals surface area (Å²) in [6.07, 6.45) is 9.69. The molecule has 2 aromatic heterocycles. The van der Waals surface area contributed by atoms with E-state index in [1.807, 2.05) is 18.4 Å². The number of rotatable bonds is 6. The van der Waals surface area contributed by atoms with Crippen molar-refractivity contribution < 1.29 is 9.59 Å². The second kappa shape index (κ2) is 11.3. The Labute approximate surface area is 205 Å². The maximum Gasteiger partial charge on any atom is 0.259 e. The highest BCUT2D eigenvalue weighted by Gasteiger charge is 2.27. The lowest BCUT2D eigenvalue weighted by Gasteiger charge is -2.34. The van der Waals surface area contributed by atoms with Crippen LogP contribution in [0.1, 0.15) is 84.0 Å². The van der Waals surface area contributed by atoms with Crippen molar-refractivity contribution in [3.05, 3.63) is 56.1 Å². The highest BCUT2D eigenvalue weighted by atomic mass is 32.1. The van der Waals surface area contributed by atoms with E-state index in [9.17, 15) is 14.4 Å². The molecule has 0 bridgehead atoms. The van der Waals surface area contributed by atoms with Crippen LogP contribution < -0.4 is 10.7 Å². The van der Waals surface area contributed by atoms with E-state index in [-0.39, 0.29) is 35.0 Å². The molecule has 2 amide bonds. The van der Waals surface area contributed by atoms with E-state index < -0.39 is 5.43 Å². The van der Waals surface area contributed by atoms with Crippen LogP contribution in [0, 0.1) is 0 Å². The SMILES string of the molecule is CC(C)n1cc(C(=O)NC2CCCCCC2)c(=O)c(C(=O)N2CCN(Cc3cccs3)CC2)c1. The molecule has 34 heavy (non-hydrogen) atoms. The number of hydrogen-bond acceptors (Lipinski definition) is 5. The van der Waals surface area contributed by atoms with Crippen molar-refractivity contribution in [3.8, 4) is 0 Å². The van der Waals surface area contributed by atoms with Crippen molar-refractivity contribution in [1.82, 2.24) is 19.7 Å². The maximum absolute atomic E-state index is 13.4. The molecule has 8 heteroatoms. The highest BCUT2D eigenvalue weighted by Crippen LogP contribution is 2.18. The molecule has 2 aromatic rings. The lowest BCUT2D eigenvalue weighted by molar-refractivity contribution is 0.0627. The van der Waals surface area contributed by atoms with Crippen LogP contribution in [0.3, 0.4) is 0 Å². The van der Waals surface area contributed by atoms with Crippen molar-refractivity contribution >= 4 is 23.2 Å². The van der Waals surface area contributed by atoms with Crippen LogP contribution in [0.5, 0.6) is 0 Å². The Morgan fingerprint density at radius 3 is 2.32 bits per heavy atom. The van der Waals surface area contributed by atoms with E-state index in [2.05, 4.69) is 27.7 Å². The zero-order chi connectivity index (χ0) is 24.1. The zero-order valence-electron chi connectivity index (χ0n) is 20.3. The fourth-order valence-corrected chi connectivity index (χ4v) is 5.55. The summed E-state index contributed by atoms with van der Waals surface area (Å²) < 4.78 is 1.81. The molecule has 0 radical (unpaired) electrons. The van der Waals surface area contributed by atoms with Gasteiger partial charge in [-0.15, -0.1) is 11.3 Å². The predicted molar refractivity (Wildman–Crippen MR) is 136 cm³/mol. The predicted octanol–water partition coefficient (Wildman–Crippen LogP) is 3.90. The Bertz CT molecular complexity index is 1030. The van der Waals surface area contributed by atoms with Crippen molar-refractivity contribution in [2.75, 3.05) is 26.2 Å². The van der Waals surface area contributed by atoms with Gasteiger partial charge < -0.3 is 14.8 Å². The number of nitrogens with zero attached hydrogens (tertiary/aromatic N) is 3. The number of hydrogen-bond donors (Lipinski definition) is 1. The third kappa shape index (κ3) is 5.96. The number of pyridine rings is 1. The molecule has 2 fully saturated rings. The number of piperazine rings is 1. The van der Waals surface area contributed by atoms with Gasteiger partial charge in [-0.05, 0) is 38.1 Å². The van der Waals surface area contributed by atoms with Crippen LogP contribution in [-0.4, -0.2) is 58.4 Å². The summed E-state index contributed by atoms with van der Waals surface area (Å²) in [5.41, 5.74) is -0.303. The van der Waals surface area contributed by atoms with Gasteiger partial charge in [0.1, 0.15) is 11.1 Å². The summed E-state index contributed by atoms with van der Waals surface area (Å²) in [6, 6.07) is 4.30. The normalized spacial score (nSPS) is 18.1. The van der Waals surface area contributed by atoms with E-state index in [0.29, 0.717) is 13.1 Å². The molecule has 184 valence electrons. The number of aromatic nitrogens is 1. The van der Waals surface area contributed by atoms with Crippen molar-refractivity contribution in [2.45, 2.75) is 71.0 Å². The third-order valence-electron chi connectivity index (χ3n) is 6.93. The van der Waals surface area contributed by atoms with Crippen LogP contribution in [-0.2, 0) is 6.54 Å². The monoisotopic (exact) mass is 484 g/mol. The Kier molecular flexibility index (Phi) is 8.21. The molecule has 0 atom stereocenters. The van der Waals surface area contributed by atoms with Gasteiger partial charge in [0, 0.05) is 62.1 Å². The molecule has 1 aliphatic heterocycles. The molecule has 7 nitrogen and oxygen atoms in total. The van der Waals surface area contributed by atoms with Gasteiger partial charge in [0.2, 0.25) is 5.43 Å². The van der Waals surface area contributed by atoms with Gasteiger partial charge in [0.15, 0.2) is 0 Å².